The van der Waals surface area contributed by atoms with Crippen LogP contribution in [0.5, 0.6) is 11.5 Å². The molecule has 4 rings (SSSR count). The first-order chi connectivity index (χ1) is 11.5. The summed E-state index contributed by atoms with van der Waals surface area (Å²) in [6, 6.07) is 8.22. The van der Waals surface area contributed by atoms with Crippen molar-refractivity contribution in [3.63, 3.8) is 0 Å². The Hall–Kier alpha value is -0.980. The fraction of sp³-hybridized carbons (Fsp3) is 0.368. The Balaban J connectivity index is 1.91. The molecule has 2 aromatic carbocycles. The normalized spacial score (nSPS) is 20.2. The van der Waals surface area contributed by atoms with Gasteiger partial charge in [-0.2, -0.15) is 0 Å². The van der Waals surface area contributed by atoms with E-state index in [1.807, 2.05) is 12.1 Å². The number of benzene rings is 2. The lowest BCUT2D eigenvalue weighted by Gasteiger charge is -2.24. The van der Waals surface area contributed by atoms with Gasteiger partial charge in [0.1, 0.15) is 11.5 Å². The Bertz CT molecular complexity index is 808. The van der Waals surface area contributed by atoms with E-state index < -0.39 is 0 Å². The van der Waals surface area contributed by atoms with Gasteiger partial charge < -0.3 is 14.7 Å². The lowest BCUT2D eigenvalue weighted by Crippen LogP contribution is -2.24. The van der Waals surface area contributed by atoms with Crippen LogP contribution in [0.2, 0.25) is 5.02 Å². The smallest absolute Gasteiger partial charge is 0.134 e. The van der Waals surface area contributed by atoms with Crippen LogP contribution < -0.4 is 4.74 Å². The molecule has 0 fully saturated rings. The Morgan fingerprint density at radius 1 is 1.17 bits per heavy atom. The number of rotatable bonds is 1. The Morgan fingerprint density at radius 2 is 2.00 bits per heavy atom. The average Bonchev–Trinajstić information content (AvgIpc) is 2.95. The van der Waals surface area contributed by atoms with Crippen molar-refractivity contribution in [3.05, 3.63) is 55.1 Å². The SMILES string of the molecule is CN1CCc2cc(Cl)c(O)cc2C(c2cc(I)cc3c2OCC3)C1. The summed E-state index contributed by atoms with van der Waals surface area (Å²) in [5.41, 5.74) is 4.91. The Labute approximate surface area is 160 Å². The molecular formula is C19H19ClINO2. The first-order valence-corrected chi connectivity index (χ1v) is 9.63. The van der Waals surface area contributed by atoms with Crippen LogP contribution in [0.25, 0.3) is 0 Å². The van der Waals surface area contributed by atoms with Crippen molar-refractivity contribution >= 4 is 34.2 Å². The van der Waals surface area contributed by atoms with E-state index >= 15 is 0 Å². The summed E-state index contributed by atoms with van der Waals surface area (Å²) in [7, 11) is 2.15. The molecule has 1 unspecified atom stereocenters. The second-order valence-corrected chi connectivity index (χ2v) is 8.30. The number of phenols is 1. The molecule has 0 aliphatic carbocycles. The molecule has 1 N–H and O–H groups in total. The number of likely N-dealkylation sites (N-methyl/N-ethyl adjacent to an activating group) is 1. The van der Waals surface area contributed by atoms with E-state index in [9.17, 15) is 5.11 Å². The van der Waals surface area contributed by atoms with Gasteiger partial charge in [-0.1, -0.05) is 11.6 Å². The van der Waals surface area contributed by atoms with Crippen LogP contribution in [0.1, 0.15) is 28.2 Å². The summed E-state index contributed by atoms with van der Waals surface area (Å²) in [5.74, 6) is 1.38. The lowest BCUT2D eigenvalue weighted by atomic mass is 9.86. The number of fused-ring (bicyclic) bond motifs is 2. The standard InChI is InChI=1S/C19H19ClINO2/c1-22-4-2-11-7-17(20)18(23)9-14(11)16(10-22)15-8-13(21)6-12-3-5-24-19(12)15/h6-9,16,23H,2-5,10H2,1H3. The number of hydrogen-bond acceptors (Lipinski definition) is 3. The molecule has 5 heteroatoms. The number of aromatic hydroxyl groups is 1. The van der Waals surface area contributed by atoms with Gasteiger partial charge in [-0.05, 0) is 77.0 Å². The van der Waals surface area contributed by atoms with Crippen molar-refractivity contribution in [1.29, 1.82) is 0 Å². The third kappa shape index (κ3) is 2.89. The molecule has 126 valence electrons. The van der Waals surface area contributed by atoms with Gasteiger partial charge in [0.25, 0.3) is 0 Å². The van der Waals surface area contributed by atoms with Crippen LogP contribution in [0.4, 0.5) is 0 Å². The summed E-state index contributed by atoms with van der Waals surface area (Å²) in [6.45, 7) is 2.64. The van der Waals surface area contributed by atoms with Crippen LogP contribution in [0, 0.1) is 3.57 Å². The second-order valence-electron chi connectivity index (χ2n) is 6.65. The van der Waals surface area contributed by atoms with Crippen molar-refractivity contribution in [1.82, 2.24) is 4.90 Å². The predicted octanol–water partition coefficient (Wildman–Crippen LogP) is 4.20. The molecule has 0 saturated carbocycles. The van der Waals surface area contributed by atoms with Crippen molar-refractivity contribution in [3.8, 4) is 11.5 Å². The minimum Gasteiger partial charge on any atom is -0.506 e. The highest BCUT2D eigenvalue weighted by atomic mass is 127. The van der Waals surface area contributed by atoms with Crippen LogP contribution >= 0.6 is 34.2 Å². The molecule has 0 bridgehead atoms. The average molecular weight is 456 g/mol. The third-order valence-corrected chi connectivity index (χ3v) is 5.92. The van der Waals surface area contributed by atoms with E-state index in [0.717, 1.165) is 38.3 Å². The van der Waals surface area contributed by atoms with Gasteiger partial charge in [-0.15, -0.1) is 0 Å². The number of phenolic OH excluding ortho intramolecular Hbond substituents is 1. The van der Waals surface area contributed by atoms with E-state index in [1.165, 1.54) is 25.8 Å². The summed E-state index contributed by atoms with van der Waals surface area (Å²) < 4.78 is 7.21. The van der Waals surface area contributed by atoms with Crippen molar-refractivity contribution in [2.24, 2.45) is 0 Å². The zero-order valence-corrected chi connectivity index (χ0v) is 16.4. The largest absolute Gasteiger partial charge is 0.506 e. The van der Waals surface area contributed by atoms with Crippen LogP contribution in [-0.2, 0) is 12.8 Å². The Kier molecular flexibility index (Phi) is 4.39. The molecule has 0 aromatic heterocycles. The van der Waals surface area contributed by atoms with E-state index in [1.54, 1.807) is 0 Å². The van der Waals surface area contributed by atoms with E-state index in [4.69, 9.17) is 16.3 Å². The van der Waals surface area contributed by atoms with Gasteiger partial charge in [-0.25, -0.2) is 0 Å². The highest BCUT2D eigenvalue weighted by Gasteiger charge is 2.29. The van der Waals surface area contributed by atoms with Gasteiger partial charge in [-0.3, -0.25) is 0 Å². The molecule has 0 spiro atoms. The van der Waals surface area contributed by atoms with E-state index in [0.29, 0.717) is 5.02 Å². The Morgan fingerprint density at radius 3 is 2.83 bits per heavy atom. The molecule has 2 aliphatic heterocycles. The number of nitrogens with zero attached hydrogens (tertiary/aromatic N) is 1. The number of halogens is 2. The zero-order valence-electron chi connectivity index (χ0n) is 13.5. The van der Waals surface area contributed by atoms with Crippen molar-refractivity contribution in [2.45, 2.75) is 18.8 Å². The van der Waals surface area contributed by atoms with Crippen molar-refractivity contribution < 1.29 is 9.84 Å². The topological polar surface area (TPSA) is 32.7 Å². The number of ether oxygens (including phenoxy) is 1. The molecule has 1 atom stereocenters. The van der Waals surface area contributed by atoms with Gasteiger partial charge in [0, 0.05) is 34.6 Å². The van der Waals surface area contributed by atoms with Gasteiger partial charge in [0.05, 0.1) is 11.6 Å². The lowest BCUT2D eigenvalue weighted by molar-refractivity contribution is 0.326. The van der Waals surface area contributed by atoms with Gasteiger partial charge >= 0.3 is 0 Å². The van der Waals surface area contributed by atoms with E-state index in [-0.39, 0.29) is 11.7 Å². The highest BCUT2D eigenvalue weighted by Crippen LogP contribution is 2.42. The molecular weight excluding hydrogens is 437 g/mol. The first kappa shape index (κ1) is 16.5. The minimum atomic E-state index is 0.160. The van der Waals surface area contributed by atoms with Gasteiger partial charge in [0.2, 0.25) is 0 Å². The number of hydrogen-bond donors (Lipinski definition) is 1. The van der Waals surface area contributed by atoms with E-state index in [2.05, 4.69) is 46.7 Å². The monoisotopic (exact) mass is 455 g/mol. The minimum absolute atomic E-state index is 0.160. The molecule has 0 radical (unpaired) electrons. The molecule has 2 aliphatic rings. The quantitative estimate of drug-likeness (QED) is 0.654. The van der Waals surface area contributed by atoms with Crippen molar-refractivity contribution in [2.75, 3.05) is 26.7 Å². The molecule has 24 heavy (non-hydrogen) atoms. The maximum Gasteiger partial charge on any atom is 0.134 e. The summed E-state index contributed by atoms with van der Waals surface area (Å²) in [4.78, 5) is 2.34. The fourth-order valence-corrected chi connectivity index (χ4v) is 4.69. The van der Waals surface area contributed by atoms with Crippen LogP contribution in [0.15, 0.2) is 24.3 Å². The molecule has 3 nitrogen and oxygen atoms in total. The van der Waals surface area contributed by atoms with Crippen LogP contribution in [0.3, 0.4) is 0 Å². The molecule has 0 amide bonds. The molecule has 2 aromatic rings. The first-order valence-electron chi connectivity index (χ1n) is 8.18. The van der Waals surface area contributed by atoms with Gasteiger partial charge in [0.15, 0.2) is 0 Å². The third-order valence-electron chi connectivity index (χ3n) is 4.99. The zero-order chi connectivity index (χ0) is 16.8. The van der Waals surface area contributed by atoms with Crippen LogP contribution in [-0.4, -0.2) is 36.8 Å². The molecule has 2 heterocycles. The fourth-order valence-electron chi connectivity index (χ4n) is 3.80. The highest BCUT2D eigenvalue weighted by molar-refractivity contribution is 14.1. The summed E-state index contributed by atoms with van der Waals surface area (Å²) >= 11 is 8.54. The maximum atomic E-state index is 10.2. The maximum absolute atomic E-state index is 10.2. The summed E-state index contributed by atoms with van der Waals surface area (Å²) in [5, 5.41) is 10.6. The predicted molar refractivity (Wildman–Crippen MR) is 105 cm³/mol. The molecule has 0 saturated heterocycles. The summed E-state index contributed by atoms with van der Waals surface area (Å²) in [6.07, 6.45) is 1.91. The second kappa shape index (κ2) is 6.39.